The van der Waals surface area contributed by atoms with E-state index in [9.17, 15) is 9.18 Å². The summed E-state index contributed by atoms with van der Waals surface area (Å²) < 4.78 is 18.0. The molecule has 0 saturated carbocycles. The molecular formula is C12H15FN2O2. The normalized spacial score (nSPS) is 23.7. The van der Waals surface area contributed by atoms with Crippen molar-refractivity contribution in [2.24, 2.45) is 11.7 Å². The van der Waals surface area contributed by atoms with E-state index in [-0.39, 0.29) is 23.7 Å². The fourth-order valence-corrected chi connectivity index (χ4v) is 1.83. The molecule has 0 bridgehead atoms. The highest BCUT2D eigenvalue weighted by molar-refractivity contribution is 5.94. The van der Waals surface area contributed by atoms with Crippen LogP contribution in [0.25, 0.3) is 0 Å². The van der Waals surface area contributed by atoms with E-state index in [4.69, 9.17) is 10.5 Å². The van der Waals surface area contributed by atoms with Crippen LogP contribution in [0.4, 0.5) is 10.1 Å². The number of ether oxygens (including phenoxy) is 1. The Kier molecular flexibility index (Phi) is 3.40. The number of anilines is 1. The molecule has 1 amide bonds. The van der Waals surface area contributed by atoms with Gasteiger partial charge >= 0.3 is 0 Å². The summed E-state index contributed by atoms with van der Waals surface area (Å²) in [5, 5.41) is 2.74. The van der Waals surface area contributed by atoms with Crippen molar-refractivity contribution in [3.63, 3.8) is 0 Å². The van der Waals surface area contributed by atoms with Crippen molar-refractivity contribution in [3.05, 3.63) is 29.6 Å². The average Bonchev–Trinajstić information content (AvgIpc) is 2.68. The molecule has 0 spiro atoms. The van der Waals surface area contributed by atoms with Crippen LogP contribution in [0.2, 0.25) is 0 Å². The van der Waals surface area contributed by atoms with Crippen molar-refractivity contribution < 1.29 is 13.9 Å². The smallest absolute Gasteiger partial charge is 0.231 e. The first-order valence-electron chi connectivity index (χ1n) is 5.48. The SMILES string of the molecule is Cc1cc(F)ccc1NC(=O)C1COCC1N. The van der Waals surface area contributed by atoms with E-state index in [0.29, 0.717) is 24.5 Å². The second kappa shape index (κ2) is 4.81. The van der Waals surface area contributed by atoms with Crippen LogP contribution in [0.5, 0.6) is 0 Å². The first-order valence-corrected chi connectivity index (χ1v) is 5.48. The highest BCUT2D eigenvalue weighted by Gasteiger charge is 2.31. The van der Waals surface area contributed by atoms with Gasteiger partial charge in [-0.15, -0.1) is 0 Å². The summed E-state index contributed by atoms with van der Waals surface area (Å²) >= 11 is 0. The second-order valence-corrected chi connectivity index (χ2v) is 4.26. The first kappa shape index (κ1) is 12.0. The molecule has 3 N–H and O–H groups in total. The molecule has 0 aliphatic carbocycles. The van der Waals surface area contributed by atoms with Crippen molar-refractivity contribution in [2.45, 2.75) is 13.0 Å². The molecule has 1 aromatic carbocycles. The largest absolute Gasteiger partial charge is 0.379 e. The van der Waals surface area contributed by atoms with Crippen LogP contribution in [-0.2, 0) is 9.53 Å². The van der Waals surface area contributed by atoms with Gasteiger partial charge in [0.1, 0.15) is 5.82 Å². The summed E-state index contributed by atoms with van der Waals surface area (Å²) in [6.07, 6.45) is 0. The van der Waals surface area contributed by atoms with Crippen LogP contribution in [0.3, 0.4) is 0 Å². The highest BCUT2D eigenvalue weighted by Crippen LogP contribution is 2.19. The monoisotopic (exact) mass is 238 g/mol. The minimum absolute atomic E-state index is 0.176. The number of carbonyl (C=O) groups is 1. The lowest BCUT2D eigenvalue weighted by molar-refractivity contribution is -0.120. The molecule has 1 saturated heterocycles. The van der Waals surface area contributed by atoms with Gasteiger partial charge in [0.05, 0.1) is 19.1 Å². The molecule has 1 fully saturated rings. The number of rotatable bonds is 2. The number of carbonyl (C=O) groups excluding carboxylic acids is 1. The van der Waals surface area contributed by atoms with Crippen molar-refractivity contribution in [2.75, 3.05) is 18.5 Å². The summed E-state index contributed by atoms with van der Waals surface area (Å²) in [7, 11) is 0. The van der Waals surface area contributed by atoms with Gasteiger partial charge in [0.25, 0.3) is 0 Å². The zero-order valence-electron chi connectivity index (χ0n) is 9.57. The number of benzene rings is 1. The second-order valence-electron chi connectivity index (χ2n) is 4.26. The Labute approximate surface area is 98.9 Å². The van der Waals surface area contributed by atoms with Gasteiger partial charge in [-0.05, 0) is 30.7 Å². The third-order valence-electron chi connectivity index (χ3n) is 2.91. The first-order chi connectivity index (χ1) is 8.08. The molecule has 2 unspecified atom stereocenters. The minimum atomic E-state index is -0.334. The molecule has 2 atom stereocenters. The van der Waals surface area contributed by atoms with Crippen molar-refractivity contribution in [3.8, 4) is 0 Å². The molecule has 0 aromatic heterocycles. The van der Waals surface area contributed by atoms with Gasteiger partial charge < -0.3 is 15.8 Å². The Bertz CT molecular complexity index is 437. The Morgan fingerprint density at radius 1 is 1.53 bits per heavy atom. The predicted octanol–water partition coefficient (Wildman–Crippen LogP) is 1.05. The maximum Gasteiger partial charge on any atom is 0.231 e. The lowest BCUT2D eigenvalue weighted by atomic mass is 10.0. The number of aryl methyl sites for hydroxylation is 1. The third-order valence-corrected chi connectivity index (χ3v) is 2.91. The molecule has 1 heterocycles. The molecule has 0 radical (unpaired) electrons. The molecular weight excluding hydrogens is 223 g/mol. The summed E-state index contributed by atoms with van der Waals surface area (Å²) in [4.78, 5) is 11.9. The van der Waals surface area contributed by atoms with Crippen LogP contribution in [0, 0.1) is 18.7 Å². The van der Waals surface area contributed by atoms with E-state index in [2.05, 4.69) is 5.32 Å². The summed E-state index contributed by atoms with van der Waals surface area (Å²) in [5.41, 5.74) is 7.04. The van der Waals surface area contributed by atoms with Crippen LogP contribution >= 0.6 is 0 Å². The quantitative estimate of drug-likeness (QED) is 0.809. The summed E-state index contributed by atoms with van der Waals surface area (Å²) in [6, 6.07) is 3.97. The van der Waals surface area contributed by atoms with Crippen LogP contribution in [-0.4, -0.2) is 25.2 Å². The standard InChI is InChI=1S/C12H15FN2O2/c1-7-4-8(13)2-3-11(7)15-12(16)9-5-17-6-10(9)14/h2-4,9-10H,5-6,14H2,1H3,(H,15,16). The fraction of sp³-hybridized carbons (Fsp3) is 0.417. The number of hydrogen-bond acceptors (Lipinski definition) is 3. The lowest BCUT2D eigenvalue weighted by Gasteiger charge is -2.14. The lowest BCUT2D eigenvalue weighted by Crippen LogP contribution is -2.37. The minimum Gasteiger partial charge on any atom is -0.379 e. The number of hydrogen-bond donors (Lipinski definition) is 2. The maximum absolute atomic E-state index is 12.9. The molecule has 4 nitrogen and oxygen atoms in total. The van der Waals surface area contributed by atoms with E-state index in [1.165, 1.54) is 12.1 Å². The van der Waals surface area contributed by atoms with E-state index in [0.717, 1.165) is 0 Å². The molecule has 1 aromatic rings. The molecule has 2 rings (SSSR count). The number of amides is 1. The zero-order chi connectivity index (χ0) is 12.4. The average molecular weight is 238 g/mol. The van der Waals surface area contributed by atoms with Gasteiger partial charge in [-0.3, -0.25) is 4.79 Å². The van der Waals surface area contributed by atoms with E-state index < -0.39 is 0 Å². The summed E-state index contributed by atoms with van der Waals surface area (Å²) in [6.45, 7) is 2.48. The number of nitrogens with two attached hydrogens (primary N) is 1. The fourth-order valence-electron chi connectivity index (χ4n) is 1.83. The Balaban J connectivity index is 2.07. The van der Waals surface area contributed by atoms with Crippen molar-refractivity contribution in [1.29, 1.82) is 0 Å². The van der Waals surface area contributed by atoms with Gasteiger partial charge in [-0.2, -0.15) is 0 Å². The molecule has 1 aliphatic rings. The zero-order valence-corrected chi connectivity index (χ0v) is 9.57. The van der Waals surface area contributed by atoms with Gasteiger partial charge in [0.15, 0.2) is 0 Å². The van der Waals surface area contributed by atoms with E-state index in [1.807, 2.05) is 0 Å². The van der Waals surface area contributed by atoms with Crippen molar-refractivity contribution in [1.82, 2.24) is 0 Å². The van der Waals surface area contributed by atoms with Crippen molar-refractivity contribution >= 4 is 11.6 Å². The third kappa shape index (κ3) is 2.62. The maximum atomic E-state index is 12.9. The van der Waals surface area contributed by atoms with E-state index in [1.54, 1.807) is 13.0 Å². The predicted molar refractivity (Wildman–Crippen MR) is 62.1 cm³/mol. The van der Waals surface area contributed by atoms with Gasteiger partial charge in [-0.1, -0.05) is 0 Å². The highest BCUT2D eigenvalue weighted by atomic mass is 19.1. The number of halogens is 1. The van der Waals surface area contributed by atoms with Gasteiger partial charge in [0.2, 0.25) is 5.91 Å². The van der Waals surface area contributed by atoms with Gasteiger partial charge in [0, 0.05) is 11.7 Å². The van der Waals surface area contributed by atoms with Gasteiger partial charge in [-0.25, -0.2) is 4.39 Å². The molecule has 5 heteroatoms. The Morgan fingerprint density at radius 3 is 2.88 bits per heavy atom. The topological polar surface area (TPSA) is 64.3 Å². The van der Waals surface area contributed by atoms with Crippen LogP contribution < -0.4 is 11.1 Å². The Hall–Kier alpha value is -1.46. The summed E-state index contributed by atoms with van der Waals surface area (Å²) in [5.74, 6) is -0.828. The van der Waals surface area contributed by atoms with E-state index >= 15 is 0 Å². The molecule has 92 valence electrons. The molecule has 1 aliphatic heterocycles. The van der Waals surface area contributed by atoms with Crippen LogP contribution in [0.15, 0.2) is 18.2 Å². The Morgan fingerprint density at radius 2 is 2.29 bits per heavy atom. The van der Waals surface area contributed by atoms with Crippen LogP contribution in [0.1, 0.15) is 5.56 Å². The molecule has 17 heavy (non-hydrogen) atoms. The number of nitrogens with one attached hydrogen (secondary N) is 1.